The molecule has 0 amide bonds. The lowest BCUT2D eigenvalue weighted by Crippen LogP contribution is -2.22. The molecule has 78 valence electrons. The van der Waals surface area contributed by atoms with E-state index in [1.165, 1.54) is 26.4 Å². The van der Waals surface area contributed by atoms with E-state index in [1.54, 1.807) is 6.92 Å². The second-order valence-electron chi connectivity index (χ2n) is 3.09. The highest BCUT2D eigenvalue weighted by Gasteiger charge is 2.21. The molecule has 0 radical (unpaired) electrons. The zero-order valence-electron chi connectivity index (χ0n) is 8.15. The van der Waals surface area contributed by atoms with Crippen molar-refractivity contribution in [1.29, 1.82) is 0 Å². The summed E-state index contributed by atoms with van der Waals surface area (Å²) in [5, 5.41) is 0.00398. The van der Waals surface area contributed by atoms with Gasteiger partial charge in [0.15, 0.2) is 0 Å². The van der Waals surface area contributed by atoms with Gasteiger partial charge in [0.25, 0.3) is 0 Å². The van der Waals surface area contributed by atoms with Crippen LogP contribution in [0.1, 0.15) is 5.56 Å². The molecule has 1 heterocycles. The molecule has 0 saturated carbocycles. The van der Waals surface area contributed by atoms with Crippen molar-refractivity contribution in [3.05, 3.63) is 23.0 Å². The number of rotatable bonds is 2. The summed E-state index contributed by atoms with van der Waals surface area (Å²) in [7, 11) is -0.586. The molecule has 0 aliphatic carbocycles. The van der Waals surface area contributed by atoms with Crippen molar-refractivity contribution in [3.8, 4) is 0 Å². The molecule has 0 saturated heterocycles. The van der Waals surface area contributed by atoms with E-state index >= 15 is 0 Å². The van der Waals surface area contributed by atoms with Gasteiger partial charge in [0.2, 0.25) is 10.0 Å². The lowest BCUT2D eigenvalue weighted by Gasteiger charge is -2.12. The fraction of sp³-hybridized carbons (Fsp3) is 0.375. The topological polar surface area (TPSA) is 50.3 Å². The van der Waals surface area contributed by atoms with Crippen LogP contribution in [0.15, 0.2) is 17.2 Å². The number of halogens is 1. The summed E-state index contributed by atoms with van der Waals surface area (Å²) in [6.45, 7) is 1.76. The van der Waals surface area contributed by atoms with Crippen LogP contribution in [0.5, 0.6) is 0 Å². The molecular weight excluding hydrogens is 224 g/mol. The van der Waals surface area contributed by atoms with E-state index in [4.69, 9.17) is 11.6 Å². The normalized spacial score (nSPS) is 12.1. The number of sulfonamides is 1. The van der Waals surface area contributed by atoms with Crippen LogP contribution in [-0.4, -0.2) is 31.8 Å². The Morgan fingerprint density at radius 2 is 2.00 bits per heavy atom. The molecule has 1 aromatic heterocycles. The Morgan fingerprint density at radius 3 is 2.50 bits per heavy atom. The molecule has 1 aromatic rings. The Hall–Kier alpha value is -0.650. The molecular formula is C8H11ClN2O2S. The second-order valence-corrected chi connectivity index (χ2v) is 5.57. The van der Waals surface area contributed by atoms with Gasteiger partial charge in [-0.05, 0) is 18.6 Å². The molecule has 0 aliphatic rings. The van der Waals surface area contributed by atoms with Crippen molar-refractivity contribution in [1.82, 2.24) is 9.29 Å². The van der Waals surface area contributed by atoms with Crippen LogP contribution < -0.4 is 0 Å². The van der Waals surface area contributed by atoms with Gasteiger partial charge in [0, 0.05) is 20.3 Å². The summed E-state index contributed by atoms with van der Waals surface area (Å²) >= 11 is 5.71. The van der Waals surface area contributed by atoms with Crippen molar-refractivity contribution >= 4 is 21.6 Å². The number of hydrogen-bond acceptors (Lipinski definition) is 3. The number of aryl methyl sites for hydroxylation is 1. The van der Waals surface area contributed by atoms with Crippen LogP contribution in [0.4, 0.5) is 0 Å². The first-order valence-electron chi connectivity index (χ1n) is 3.90. The molecule has 0 spiro atoms. The monoisotopic (exact) mass is 234 g/mol. The first kappa shape index (κ1) is 11.4. The maximum atomic E-state index is 11.7. The highest BCUT2D eigenvalue weighted by atomic mass is 35.5. The van der Waals surface area contributed by atoms with Crippen LogP contribution in [0.25, 0.3) is 0 Å². The van der Waals surface area contributed by atoms with Crippen molar-refractivity contribution in [2.75, 3.05) is 14.1 Å². The first-order chi connectivity index (χ1) is 6.35. The van der Waals surface area contributed by atoms with Gasteiger partial charge in [-0.15, -0.1) is 0 Å². The third-order valence-corrected chi connectivity index (χ3v) is 3.94. The second kappa shape index (κ2) is 3.84. The summed E-state index contributed by atoms with van der Waals surface area (Å²) in [5.74, 6) is 0. The summed E-state index contributed by atoms with van der Waals surface area (Å²) in [5.41, 5.74) is 0.759. The van der Waals surface area contributed by atoms with Gasteiger partial charge in [-0.1, -0.05) is 11.6 Å². The standard InChI is InChI=1S/C8H11ClN2O2S/c1-6-4-7(8(9)10-5-6)14(12,13)11(2)3/h4-5H,1-3H3. The van der Waals surface area contributed by atoms with E-state index in [1.807, 2.05) is 0 Å². The largest absolute Gasteiger partial charge is 0.245 e. The number of aromatic nitrogens is 1. The minimum absolute atomic E-state index is 0.00398. The van der Waals surface area contributed by atoms with Crippen LogP contribution >= 0.6 is 11.6 Å². The summed E-state index contributed by atoms with van der Waals surface area (Å²) in [6, 6.07) is 1.50. The average molecular weight is 235 g/mol. The molecule has 4 nitrogen and oxygen atoms in total. The van der Waals surface area contributed by atoms with E-state index in [2.05, 4.69) is 4.98 Å². The molecule has 0 fully saturated rings. The van der Waals surface area contributed by atoms with E-state index in [0.717, 1.165) is 9.87 Å². The molecule has 0 aliphatic heterocycles. The predicted molar refractivity (Wildman–Crippen MR) is 54.9 cm³/mol. The quantitative estimate of drug-likeness (QED) is 0.725. The van der Waals surface area contributed by atoms with E-state index in [0.29, 0.717) is 0 Å². The molecule has 6 heteroatoms. The average Bonchev–Trinajstić information content (AvgIpc) is 2.08. The summed E-state index contributed by atoms with van der Waals surface area (Å²) in [6.07, 6.45) is 1.52. The zero-order valence-corrected chi connectivity index (χ0v) is 9.72. The molecule has 1 rings (SSSR count). The van der Waals surface area contributed by atoms with Gasteiger partial charge in [-0.3, -0.25) is 0 Å². The minimum Gasteiger partial charge on any atom is -0.243 e. The van der Waals surface area contributed by atoms with Gasteiger partial charge in [-0.25, -0.2) is 17.7 Å². The Balaban J connectivity index is 3.40. The van der Waals surface area contributed by atoms with Gasteiger partial charge >= 0.3 is 0 Å². The Kier molecular flexibility index (Phi) is 3.14. The van der Waals surface area contributed by atoms with Crippen molar-refractivity contribution in [2.45, 2.75) is 11.8 Å². The number of pyridine rings is 1. The van der Waals surface area contributed by atoms with Gasteiger partial charge in [0.1, 0.15) is 10.0 Å². The molecule has 0 N–H and O–H groups in total. The maximum Gasteiger partial charge on any atom is 0.245 e. The van der Waals surface area contributed by atoms with E-state index < -0.39 is 10.0 Å². The van der Waals surface area contributed by atoms with Crippen molar-refractivity contribution < 1.29 is 8.42 Å². The molecule has 0 atom stereocenters. The Morgan fingerprint density at radius 1 is 1.43 bits per heavy atom. The van der Waals surface area contributed by atoms with Crippen molar-refractivity contribution in [2.24, 2.45) is 0 Å². The van der Waals surface area contributed by atoms with Gasteiger partial charge in [0.05, 0.1) is 0 Å². The van der Waals surface area contributed by atoms with Gasteiger partial charge < -0.3 is 0 Å². The fourth-order valence-corrected chi connectivity index (χ4v) is 2.29. The Labute approximate surface area is 88.6 Å². The highest BCUT2D eigenvalue weighted by molar-refractivity contribution is 7.89. The lowest BCUT2D eigenvalue weighted by atomic mass is 10.3. The third-order valence-electron chi connectivity index (χ3n) is 1.70. The predicted octanol–water partition coefficient (Wildman–Crippen LogP) is 1.29. The van der Waals surface area contributed by atoms with Gasteiger partial charge in [-0.2, -0.15) is 0 Å². The number of hydrogen-bond donors (Lipinski definition) is 0. The number of nitrogens with zero attached hydrogens (tertiary/aromatic N) is 2. The van der Waals surface area contributed by atoms with Crippen molar-refractivity contribution in [3.63, 3.8) is 0 Å². The van der Waals surface area contributed by atoms with E-state index in [9.17, 15) is 8.42 Å². The fourth-order valence-electron chi connectivity index (χ4n) is 0.903. The Bertz CT molecular complexity index is 443. The minimum atomic E-state index is -3.49. The smallest absolute Gasteiger partial charge is 0.243 e. The molecule has 14 heavy (non-hydrogen) atoms. The zero-order chi connectivity index (χ0) is 10.9. The third kappa shape index (κ3) is 2.05. The van der Waals surface area contributed by atoms with Crippen LogP contribution in [-0.2, 0) is 10.0 Å². The molecule has 0 aromatic carbocycles. The van der Waals surface area contributed by atoms with Crippen LogP contribution in [0.3, 0.4) is 0 Å². The first-order valence-corrected chi connectivity index (χ1v) is 5.72. The van der Waals surface area contributed by atoms with Crippen LogP contribution in [0.2, 0.25) is 5.15 Å². The summed E-state index contributed by atoms with van der Waals surface area (Å²) < 4.78 is 24.5. The SMILES string of the molecule is Cc1cnc(Cl)c(S(=O)(=O)N(C)C)c1. The lowest BCUT2D eigenvalue weighted by molar-refractivity contribution is 0.520. The molecule has 0 bridgehead atoms. The molecule has 0 unspecified atom stereocenters. The van der Waals surface area contributed by atoms with E-state index in [-0.39, 0.29) is 10.0 Å². The highest BCUT2D eigenvalue weighted by Crippen LogP contribution is 2.21. The maximum absolute atomic E-state index is 11.7. The summed E-state index contributed by atoms with van der Waals surface area (Å²) in [4.78, 5) is 3.83. The van der Waals surface area contributed by atoms with Crippen LogP contribution in [0, 0.1) is 6.92 Å².